The van der Waals surface area contributed by atoms with Gasteiger partial charge in [0, 0.05) is 7.05 Å². The lowest BCUT2D eigenvalue weighted by Gasteiger charge is -2.07. The first-order chi connectivity index (χ1) is 9.08. The minimum atomic E-state index is -0.192. The molecule has 0 fully saturated rings. The van der Waals surface area contributed by atoms with Gasteiger partial charge < -0.3 is 10.1 Å². The van der Waals surface area contributed by atoms with Gasteiger partial charge in [-0.05, 0) is 26.0 Å². The van der Waals surface area contributed by atoms with E-state index in [1.54, 1.807) is 4.68 Å². The number of ether oxygens (including phenoxy) is 1. The maximum atomic E-state index is 11.8. The fraction of sp³-hybridized carbons (Fsp3) is 0.286. The molecule has 1 heterocycles. The van der Waals surface area contributed by atoms with Crippen LogP contribution in [0.5, 0.6) is 5.75 Å². The molecule has 2 aromatic rings. The van der Waals surface area contributed by atoms with E-state index in [2.05, 4.69) is 10.4 Å². The summed E-state index contributed by atoms with van der Waals surface area (Å²) in [5.41, 5.74) is 2.47. The number of anilines is 1. The summed E-state index contributed by atoms with van der Waals surface area (Å²) in [6.45, 7) is 3.76. The molecular weight excluding hydrogens is 242 g/mol. The highest BCUT2D eigenvalue weighted by molar-refractivity contribution is 5.93. The number of rotatable bonds is 4. The van der Waals surface area contributed by atoms with Crippen molar-refractivity contribution in [2.24, 2.45) is 7.05 Å². The van der Waals surface area contributed by atoms with Crippen LogP contribution < -0.4 is 10.1 Å². The highest BCUT2D eigenvalue weighted by atomic mass is 16.5. The SMILES string of the molecule is Cc1nn(C)c(C)c1NC(=O)COc1ccccc1. The Hall–Kier alpha value is -2.30. The van der Waals surface area contributed by atoms with Crippen LogP contribution in [0.3, 0.4) is 0 Å². The van der Waals surface area contributed by atoms with Crippen LogP contribution in [0.25, 0.3) is 0 Å². The molecular formula is C14H17N3O2. The van der Waals surface area contributed by atoms with Crippen molar-refractivity contribution >= 4 is 11.6 Å². The third-order valence-corrected chi connectivity index (χ3v) is 2.89. The van der Waals surface area contributed by atoms with Gasteiger partial charge in [-0.25, -0.2) is 0 Å². The molecule has 0 aliphatic carbocycles. The molecule has 0 unspecified atom stereocenters. The number of aryl methyl sites for hydroxylation is 2. The van der Waals surface area contributed by atoms with Gasteiger partial charge in [-0.2, -0.15) is 5.10 Å². The predicted molar refractivity (Wildman–Crippen MR) is 73.2 cm³/mol. The highest BCUT2D eigenvalue weighted by Crippen LogP contribution is 2.18. The van der Waals surface area contributed by atoms with Gasteiger partial charge in [-0.1, -0.05) is 18.2 Å². The quantitative estimate of drug-likeness (QED) is 0.914. The predicted octanol–water partition coefficient (Wildman–Crippen LogP) is 2.05. The number of aromatic nitrogens is 2. The lowest BCUT2D eigenvalue weighted by Crippen LogP contribution is -2.20. The summed E-state index contributed by atoms with van der Waals surface area (Å²) in [7, 11) is 1.85. The Labute approximate surface area is 112 Å². The van der Waals surface area contributed by atoms with Crippen molar-refractivity contribution < 1.29 is 9.53 Å². The van der Waals surface area contributed by atoms with Crippen LogP contribution in [0.4, 0.5) is 5.69 Å². The van der Waals surface area contributed by atoms with Gasteiger partial charge in [0.25, 0.3) is 5.91 Å². The molecule has 5 nitrogen and oxygen atoms in total. The summed E-state index contributed by atoms with van der Waals surface area (Å²) in [6.07, 6.45) is 0. The molecule has 0 atom stereocenters. The van der Waals surface area contributed by atoms with Gasteiger partial charge in [0.2, 0.25) is 0 Å². The van der Waals surface area contributed by atoms with Crippen molar-refractivity contribution in [1.82, 2.24) is 9.78 Å². The van der Waals surface area contributed by atoms with Crippen molar-refractivity contribution in [3.8, 4) is 5.75 Å². The van der Waals surface area contributed by atoms with E-state index >= 15 is 0 Å². The molecule has 100 valence electrons. The Kier molecular flexibility index (Phi) is 3.85. The first-order valence-corrected chi connectivity index (χ1v) is 6.06. The second-order valence-corrected chi connectivity index (χ2v) is 4.32. The van der Waals surface area contributed by atoms with Crippen LogP contribution in [-0.2, 0) is 11.8 Å². The minimum absolute atomic E-state index is 0.0161. The third-order valence-electron chi connectivity index (χ3n) is 2.89. The maximum absolute atomic E-state index is 11.8. The van der Waals surface area contributed by atoms with Crippen molar-refractivity contribution in [3.05, 3.63) is 41.7 Å². The number of benzene rings is 1. The van der Waals surface area contributed by atoms with Crippen LogP contribution in [0.15, 0.2) is 30.3 Å². The topological polar surface area (TPSA) is 56.2 Å². The summed E-state index contributed by atoms with van der Waals surface area (Å²) < 4.78 is 7.13. The number of carbonyl (C=O) groups excluding carboxylic acids is 1. The molecule has 1 amide bonds. The normalized spacial score (nSPS) is 10.3. The Morgan fingerprint density at radius 1 is 1.32 bits per heavy atom. The largest absolute Gasteiger partial charge is 0.484 e. The Morgan fingerprint density at radius 3 is 2.58 bits per heavy atom. The molecule has 0 spiro atoms. The first-order valence-electron chi connectivity index (χ1n) is 6.06. The summed E-state index contributed by atoms with van der Waals surface area (Å²) in [5, 5.41) is 7.07. The zero-order valence-electron chi connectivity index (χ0n) is 11.3. The van der Waals surface area contributed by atoms with E-state index in [0.717, 1.165) is 17.1 Å². The number of hydrogen-bond acceptors (Lipinski definition) is 3. The molecule has 0 aliphatic rings. The van der Waals surface area contributed by atoms with Gasteiger partial charge in [0.15, 0.2) is 6.61 Å². The second kappa shape index (κ2) is 5.56. The van der Waals surface area contributed by atoms with E-state index in [4.69, 9.17) is 4.74 Å². The average molecular weight is 259 g/mol. The Balaban J connectivity index is 1.95. The van der Waals surface area contributed by atoms with E-state index in [1.807, 2.05) is 51.2 Å². The molecule has 19 heavy (non-hydrogen) atoms. The minimum Gasteiger partial charge on any atom is -0.484 e. The summed E-state index contributed by atoms with van der Waals surface area (Å²) >= 11 is 0. The number of hydrogen-bond donors (Lipinski definition) is 1. The Bertz CT molecular complexity index is 576. The highest BCUT2D eigenvalue weighted by Gasteiger charge is 2.12. The number of para-hydroxylation sites is 1. The van der Waals surface area contributed by atoms with Crippen molar-refractivity contribution in [1.29, 1.82) is 0 Å². The van der Waals surface area contributed by atoms with Crippen LogP contribution >= 0.6 is 0 Å². The zero-order chi connectivity index (χ0) is 13.8. The van der Waals surface area contributed by atoms with E-state index < -0.39 is 0 Å². The van der Waals surface area contributed by atoms with Crippen LogP contribution in [0.1, 0.15) is 11.4 Å². The molecule has 0 saturated heterocycles. The van der Waals surface area contributed by atoms with Gasteiger partial charge >= 0.3 is 0 Å². The summed E-state index contributed by atoms with van der Waals surface area (Å²) in [6, 6.07) is 9.25. The molecule has 5 heteroatoms. The number of nitrogens with zero attached hydrogens (tertiary/aromatic N) is 2. The lowest BCUT2D eigenvalue weighted by atomic mass is 10.3. The van der Waals surface area contributed by atoms with E-state index in [1.165, 1.54) is 0 Å². The molecule has 0 bridgehead atoms. The molecule has 0 saturated carbocycles. The van der Waals surface area contributed by atoms with Crippen LogP contribution in [0, 0.1) is 13.8 Å². The summed E-state index contributed by atoms with van der Waals surface area (Å²) in [4.78, 5) is 11.8. The molecule has 1 aromatic carbocycles. The van der Waals surface area contributed by atoms with Crippen LogP contribution in [-0.4, -0.2) is 22.3 Å². The fourth-order valence-electron chi connectivity index (χ4n) is 1.80. The number of amides is 1. The zero-order valence-corrected chi connectivity index (χ0v) is 11.3. The standard InChI is InChI=1S/C14H17N3O2/c1-10-14(11(2)17(3)16-10)15-13(18)9-19-12-7-5-4-6-8-12/h4-8H,9H2,1-3H3,(H,15,18). The van der Waals surface area contributed by atoms with E-state index in [-0.39, 0.29) is 12.5 Å². The maximum Gasteiger partial charge on any atom is 0.262 e. The lowest BCUT2D eigenvalue weighted by molar-refractivity contribution is -0.118. The Morgan fingerprint density at radius 2 is 2.00 bits per heavy atom. The van der Waals surface area contributed by atoms with Gasteiger partial charge in [-0.3, -0.25) is 9.48 Å². The van der Waals surface area contributed by atoms with Crippen molar-refractivity contribution in [2.45, 2.75) is 13.8 Å². The monoisotopic (exact) mass is 259 g/mol. The van der Waals surface area contributed by atoms with Gasteiger partial charge in [0.05, 0.1) is 17.1 Å². The molecule has 2 rings (SSSR count). The summed E-state index contributed by atoms with van der Waals surface area (Å²) in [5.74, 6) is 0.486. The van der Waals surface area contributed by atoms with E-state index in [0.29, 0.717) is 5.75 Å². The third kappa shape index (κ3) is 3.13. The fourth-order valence-corrected chi connectivity index (χ4v) is 1.80. The average Bonchev–Trinajstić information content (AvgIpc) is 2.64. The molecule has 0 aliphatic heterocycles. The van der Waals surface area contributed by atoms with Crippen LogP contribution in [0.2, 0.25) is 0 Å². The second-order valence-electron chi connectivity index (χ2n) is 4.32. The van der Waals surface area contributed by atoms with Crippen molar-refractivity contribution in [2.75, 3.05) is 11.9 Å². The van der Waals surface area contributed by atoms with E-state index in [9.17, 15) is 4.79 Å². The number of nitrogens with one attached hydrogen (secondary N) is 1. The molecule has 1 N–H and O–H groups in total. The smallest absolute Gasteiger partial charge is 0.262 e. The van der Waals surface area contributed by atoms with Gasteiger partial charge in [-0.15, -0.1) is 0 Å². The van der Waals surface area contributed by atoms with Crippen molar-refractivity contribution in [3.63, 3.8) is 0 Å². The van der Waals surface area contributed by atoms with Gasteiger partial charge in [0.1, 0.15) is 5.75 Å². The first kappa shape index (κ1) is 13.1. The number of carbonyl (C=O) groups is 1. The molecule has 1 aromatic heterocycles. The molecule has 0 radical (unpaired) electrons.